The summed E-state index contributed by atoms with van der Waals surface area (Å²) in [5, 5.41) is 28.2. The van der Waals surface area contributed by atoms with Gasteiger partial charge in [0.15, 0.2) is 5.78 Å². The highest BCUT2D eigenvalue weighted by Gasteiger charge is 2.17. The fourth-order valence-electron chi connectivity index (χ4n) is 2.39. The van der Waals surface area contributed by atoms with Gasteiger partial charge < -0.3 is 15.3 Å². The van der Waals surface area contributed by atoms with Crippen molar-refractivity contribution in [2.24, 2.45) is 0 Å². The van der Waals surface area contributed by atoms with E-state index >= 15 is 0 Å². The van der Waals surface area contributed by atoms with Crippen molar-refractivity contribution in [3.63, 3.8) is 0 Å². The van der Waals surface area contributed by atoms with Crippen molar-refractivity contribution >= 4 is 22.8 Å². The van der Waals surface area contributed by atoms with Crippen LogP contribution in [0.25, 0.3) is 0 Å². The average molecular weight is 347 g/mol. The number of nitro benzene ring substituents is 1. The molecular weight excluding hydrogens is 326 g/mol. The van der Waals surface area contributed by atoms with Gasteiger partial charge >= 0.3 is 0 Å². The second-order valence-corrected chi connectivity index (χ2v) is 6.04. The molecule has 0 aliphatic rings. The molecule has 0 saturated carbocycles. The van der Waals surface area contributed by atoms with E-state index in [-0.39, 0.29) is 22.7 Å². The molecule has 0 saturated heterocycles. The van der Waals surface area contributed by atoms with Crippen molar-refractivity contribution in [2.45, 2.75) is 19.6 Å². The first-order chi connectivity index (χ1) is 11.8. The third-order valence-corrected chi connectivity index (χ3v) is 3.49. The highest BCUT2D eigenvalue weighted by atomic mass is 16.6. The standard InChI is InChI=1S/C16H21N5O4/c1-11(22)12-4-5-15(16(6-12)21(24)25)18-13-7-17-20(8-13)10-14(23)9-19(2)3/h4-8,14,18,23H,9-10H2,1-3H3. The molecule has 1 atom stereocenters. The van der Waals surface area contributed by atoms with Gasteiger partial charge in [0.2, 0.25) is 0 Å². The van der Waals surface area contributed by atoms with Crippen LogP contribution in [0.2, 0.25) is 0 Å². The number of hydrogen-bond donors (Lipinski definition) is 2. The highest BCUT2D eigenvalue weighted by molar-refractivity contribution is 5.95. The fourth-order valence-corrected chi connectivity index (χ4v) is 2.39. The molecule has 0 spiro atoms. The van der Waals surface area contributed by atoms with Crippen LogP contribution in [0.1, 0.15) is 17.3 Å². The first-order valence-corrected chi connectivity index (χ1v) is 7.68. The summed E-state index contributed by atoms with van der Waals surface area (Å²) >= 11 is 0. The van der Waals surface area contributed by atoms with E-state index in [1.165, 1.54) is 31.3 Å². The maximum Gasteiger partial charge on any atom is 0.293 e. The summed E-state index contributed by atoms with van der Waals surface area (Å²) in [7, 11) is 3.73. The zero-order valence-electron chi connectivity index (χ0n) is 14.3. The van der Waals surface area contributed by atoms with Crippen LogP contribution in [0.5, 0.6) is 0 Å². The number of aliphatic hydroxyl groups excluding tert-OH is 1. The van der Waals surface area contributed by atoms with Gasteiger partial charge in [0.05, 0.1) is 29.5 Å². The summed E-state index contributed by atoms with van der Waals surface area (Å²) in [6.07, 6.45) is 2.60. The van der Waals surface area contributed by atoms with Crippen LogP contribution in [0, 0.1) is 10.1 Å². The molecule has 0 amide bonds. The largest absolute Gasteiger partial charge is 0.390 e. The van der Waals surface area contributed by atoms with Gasteiger partial charge in [-0.25, -0.2) is 0 Å². The van der Waals surface area contributed by atoms with Crippen LogP contribution < -0.4 is 5.32 Å². The van der Waals surface area contributed by atoms with Gasteiger partial charge in [0, 0.05) is 24.4 Å². The predicted octanol–water partition coefficient (Wildman–Crippen LogP) is 1.66. The van der Waals surface area contributed by atoms with Crippen molar-refractivity contribution < 1.29 is 14.8 Å². The normalized spacial score (nSPS) is 12.2. The molecular formula is C16H21N5O4. The van der Waals surface area contributed by atoms with Gasteiger partial charge in [0.1, 0.15) is 5.69 Å². The molecule has 9 heteroatoms. The molecule has 0 aliphatic heterocycles. The summed E-state index contributed by atoms with van der Waals surface area (Å²) in [6.45, 7) is 2.17. The quantitative estimate of drug-likeness (QED) is 0.424. The first-order valence-electron chi connectivity index (χ1n) is 7.68. The molecule has 0 fully saturated rings. The number of aliphatic hydroxyl groups is 1. The molecule has 1 heterocycles. The number of nitrogens with one attached hydrogen (secondary N) is 1. The van der Waals surface area contributed by atoms with E-state index in [9.17, 15) is 20.0 Å². The topological polar surface area (TPSA) is 114 Å². The van der Waals surface area contributed by atoms with E-state index in [0.29, 0.717) is 18.8 Å². The Morgan fingerprint density at radius 2 is 2.20 bits per heavy atom. The number of nitrogens with zero attached hydrogens (tertiary/aromatic N) is 4. The lowest BCUT2D eigenvalue weighted by atomic mass is 10.1. The zero-order chi connectivity index (χ0) is 18.6. The van der Waals surface area contributed by atoms with Crippen LogP contribution in [0.4, 0.5) is 17.1 Å². The third-order valence-electron chi connectivity index (χ3n) is 3.49. The number of rotatable bonds is 8. The average Bonchev–Trinajstić information content (AvgIpc) is 2.93. The minimum atomic E-state index is -0.577. The lowest BCUT2D eigenvalue weighted by Crippen LogP contribution is -2.29. The monoisotopic (exact) mass is 347 g/mol. The minimum absolute atomic E-state index is 0.187. The number of hydrogen-bond acceptors (Lipinski definition) is 7. The smallest absolute Gasteiger partial charge is 0.293 e. The maximum absolute atomic E-state index is 11.4. The summed E-state index contributed by atoms with van der Waals surface area (Å²) in [6, 6.07) is 4.27. The Hall–Kier alpha value is -2.78. The number of benzene rings is 1. The number of carbonyl (C=O) groups excluding carboxylic acids is 1. The zero-order valence-corrected chi connectivity index (χ0v) is 14.3. The number of aromatic nitrogens is 2. The predicted molar refractivity (Wildman–Crippen MR) is 93.2 cm³/mol. The van der Waals surface area contributed by atoms with Gasteiger partial charge in [-0.15, -0.1) is 0 Å². The molecule has 0 bridgehead atoms. The van der Waals surface area contributed by atoms with E-state index in [1.54, 1.807) is 10.9 Å². The first kappa shape index (κ1) is 18.6. The number of Topliss-reactive ketones (excluding diaryl/α,β-unsaturated/α-hetero) is 1. The molecule has 1 aromatic carbocycles. The molecule has 2 rings (SSSR count). The Kier molecular flexibility index (Phi) is 5.84. The maximum atomic E-state index is 11.4. The number of likely N-dealkylation sites (N-methyl/N-ethyl adjacent to an activating group) is 1. The Morgan fingerprint density at radius 1 is 1.48 bits per heavy atom. The van der Waals surface area contributed by atoms with Gasteiger partial charge in [-0.2, -0.15) is 5.10 Å². The lowest BCUT2D eigenvalue weighted by Gasteiger charge is -2.15. The lowest BCUT2D eigenvalue weighted by molar-refractivity contribution is -0.383. The van der Waals surface area contributed by atoms with E-state index in [1.807, 2.05) is 19.0 Å². The molecule has 0 aliphatic carbocycles. The summed E-state index contributed by atoms with van der Waals surface area (Å²) < 4.78 is 1.56. The van der Waals surface area contributed by atoms with Crippen LogP contribution in [-0.4, -0.2) is 57.2 Å². The number of carbonyl (C=O) groups is 1. The third kappa shape index (κ3) is 5.10. The molecule has 25 heavy (non-hydrogen) atoms. The number of ketones is 1. The van der Waals surface area contributed by atoms with E-state index < -0.39 is 11.0 Å². The molecule has 134 valence electrons. The molecule has 2 N–H and O–H groups in total. The summed E-state index contributed by atoms with van der Waals surface area (Å²) in [5.74, 6) is -0.239. The summed E-state index contributed by atoms with van der Waals surface area (Å²) in [4.78, 5) is 24.0. The number of nitro groups is 1. The van der Waals surface area contributed by atoms with Crippen molar-refractivity contribution in [2.75, 3.05) is 26.0 Å². The van der Waals surface area contributed by atoms with E-state index in [4.69, 9.17) is 0 Å². The van der Waals surface area contributed by atoms with Crippen LogP contribution in [0.3, 0.4) is 0 Å². The minimum Gasteiger partial charge on any atom is -0.390 e. The Bertz CT molecular complexity index is 772. The molecule has 1 aromatic heterocycles. The molecule has 2 aromatic rings. The molecule has 1 unspecified atom stereocenters. The Balaban J connectivity index is 2.15. The second kappa shape index (κ2) is 7.86. The molecule has 0 radical (unpaired) electrons. The number of anilines is 2. The fraction of sp³-hybridized carbons (Fsp3) is 0.375. The SMILES string of the molecule is CC(=O)c1ccc(Nc2cnn(CC(O)CN(C)C)c2)c([N+](=O)[O-])c1. The van der Waals surface area contributed by atoms with Crippen LogP contribution in [0.15, 0.2) is 30.6 Å². The van der Waals surface area contributed by atoms with Gasteiger partial charge in [-0.3, -0.25) is 19.6 Å². The Morgan fingerprint density at radius 3 is 2.80 bits per heavy atom. The highest BCUT2D eigenvalue weighted by Crippen LogP contribution is 2.28. The van der Waals surface area contributed by atoms with Crippen molar-refractivity contribution in [3.05, 3.63) is 46.3 Å². The van der Waals surface area contributed by atoms with E-state index in [0.717, 1.165) is 0 Å². The van der Waals surface area contributed by atoms with Gasteiger partial charge in [-0.1, -0.05) is 0 Å². The van der Waals surface area contributed by atoms with Crippen molar-refractivity contribution in [3.8, 4) is 0 Å². The van der Waals surface area contributed by atoms with Crippen LogP contribution in [-0.2, 0) is 6.54 Å². The van der Waals surface area contributed by atoms with Crippen LogP contribution >= 0.6 is 0 Å². The van der Waals surface area contributed by atoms with Gasteiger partial charge in [-0.05, 0) is 33.2 Å². The van der Waals surface area contributed by atoms with Crippen molar-refractivity contribution in [1.82, 2.24) is 14.7 Å². The second-order valence-electron chi connectivity index (χ2n) is 6.04. The van der Waals surface area contributed by atoms with Crippen molar-refractivity contribution in [1.29, 1.82) is 0 Å². The van der Waals surface area contributed by atoms with E-state index in [2.05, 4.69) is 10.4 Å². The van der Waals surface area contributed by atoms with Gasteiger partial charge in [0.25, 0.3) is 5.69 Å². The summed E-state index contributed by atoms with van der Waals surface area (Å²) in [5.41, 5.74) is 0.909. The molecule has 9 nitrogen and oxygen atoms in total. The Labute approximate surface area is 145 Å².